The fraction of sp³-hybridized carbons (Fsp3) is 0.333. The van der Waals surface area contributed by atoms with Crippen molar-refractivity contribution in [1.29, 1.82) is 0 Å². The molecule has 21 heavy (non-hydrogen) atoms. The summed E-state index contributed by atoms with van der Waals surface area (Å²) in [5.74, 6) is 0.708. The molecule has 4 heterocycles. The van der Waals surface area contributed by atoms with Crippen molar-refractivity contribution in [3.05, 3.63) is 29.5 Å². The molecule has 3 aromatic heterocycles. The first-order valence-corrected chi connectivity index (χ1v) is 7.77. The van der Waals surface area contributed by atoms with Gasteiger partial charge in [-0.25, -0.2) is 5.43 Å². The van der Waals surface area contributed by atoms with E-state index in [0.717, 1.165) is 15.5 Å². The third kappa shape index (κ3) is 2.11. The molecular formula is C12H12ClN7S. The first-order valence-electron chi connectivity index (χ1n) is 6.51. The van der Waals surface area contributed by atoms with Crippen molar-refractivity contribution in [3.63, 3.8) is 0 Å². The number of rotatable bonds is 2. The molecule has 1 fully saturated rings. The van der Waals surface area contributed by atoms with Crippen LogP contribution in [0.4, 0.5) is 0 Å². The Balaban J connectivity index is 1.76. The van der Waals surface area contributed by atoms with E-state index in [9.17, 15) is 0 Å². The number of nitrogens with one attached hydrogen (secondary N) is 2. The van der Waals surface area contributed by atoms with Gasteiger partial charge >= 0.3 is 0 Å². The van der Waals surface area contributed by atoms with Crippen molar-refractivity contribution >= 4 is 27.9 Å². The molecule has 1 aliphatic rings. The topological polar surface area (TPSA) is 80.0 Å². The molecule has 0 spiro atoms. The largest absolute Gasteiger partial charge is 0.265 e. The van der Waals surface area contributed by atoms with Crippen LogP contribution in [0.5, 0.6) is 0 Å². The summed E-state index contributed by atoms with van der Waals surface area (Å²) in [6.45, 7) is 2.04. The van der Waals surface area contributed by atoms with Gasteiger partial charge < -0.3 is 0 Å². The summed E-state index contributed by atoms with van der Waals surface area (Å²) in [6, 6.07) is 3.93. The van der Waals surface area contributed by atoms with Crippen molar-refractivity contribution in [3.8, 4) is 11.4 Å². The van der Waals surface area contributed by atoms with Crippen LogP contribution in [0, 0.1) is 0 Å². The van der Waals surface area contributed by atoms with Crippen molar-refractivity contribution in [1.82, 2.24) is 35.6 Å². The predicted octanol–water partition coefficient (Wildman–Crippen LogP) is 1.39. The van der Waals surface area contributed by atoms with Crippen LogP contribution in [-0.2, 0) is 0 Å². The number of halogens is 1. The maximum atomic E-state index is 6.40. The van der Waals surface area contributed by atoms with Gasteiger partial charge in [-0.05, 0) is 19.1 Å². The van der Waals surface area contributed by atoms with Crippen LogP contribution in [0.25, 0.3) is 16.3 Å². The van der Waals surface area contributed by atoms with Crippen molar-refractivity contribution in [2.75, 3.05) is 0 Å². The summed E-state index contributed by atoms with van der Waals surface area (Å²) < 4.78 is 1.75. The second kappa shape index (κ2) is 4.99. The Kier molecular flexibility index (Phi) is 3.11. The summed E-state index contributed by atoms with van der Waals surface area (Å²) in [7, 11) is 0. The molecule has 0 aliphatic carbocycles. The van der Waals surface area contributed by atoms with E-state index >= 15 is 0 Å². The van der Waals surface area contributed by atoms with Gasteiger partial charge in [0, 0.05) is 24.0 Å². The highest BCUT2D eigenvalue weighted by Gasteiger charge is 2.35. The lowest BCUT2D eigenvalue weighted by atomic mass is 10.1. The van der Waals surface area contributed by atoms with E-state index in [-0.39, 0.29) is 17.5 Å². The molecule has 0 saturated carbocycles. The molecule has 0 bridgehead atoms. The highest BCUT2D eigenvalue weighted by Crippen LogP contribution is 2.31. The first-order chi connectivity index (χ1) is 10.2. The van der Waals surface area contributed by atoms with Crippen LogP contribution in [-0.4, -0.2) is 36.2 Å². The zero-order chi connectivity index (χ0) is 14.4. The lowest BCUT2D eigenvalue weighted by molar-refractivity contribution is 0.555. The Hall–Kier alpha value is -1.61. The normalized spacial score (nSPS) is 25.7. The van der Waals surface area contributed by atoms with Crippen LogP contribution >= 0.6 is 22.9 Å². The minimum Gasteiger partial charge on any atom is -0.265 e. The number of fused-ring (bicyclic) bond motifs is 1. The molecule has 7 nitrogen and oxygen atoms in total. The Bertz CT molecular complexity index is 770. The minimum absolute atomic E-state index is 0.0290. The summed E-state index contributed by atoms with van der Waals surface area (Å²) >= 11 is 7.89. The second-order valence-electron chi connectivity index (χ2n) is 4.89. The number of nitrogens with zero attached hydrogens (tertiary/aromatic N) is 5. The van der Waals surface area contributed by atoms with Crippen molar-refractivity contribution in [2.24, 2.45) is 0 Å². The summed E-state index contributed by atoms with van der Waals surface area (Å²) in [5.41, 5.74) is 7.24. The maximum Gasteiger partial charge on any atom is 0.235 e. The molecule has 108 valence electrons. The quantitative estimate of drug-likeness (QED) is 0.694. The standard InChI is InChI=1S/C12H12ClN7S/c1-6-8(13)9(16-15-6)11-19-20-10(17-18-12(20)21-11)7-2-4-14-5-3-7/h2-6,8-9,15-16H,1H3. The fourth-order valence-corrected chi connectivity index (χ4v) is 3.56. The molecule has 4 rings (SSSR count). The van der Waals surface area contributed by atoms with Crippen LogP contribution < -0.4 is 10.9 Å². The average Bonchev–Trinajstić information content (AvgIpc) is 3.15. The van der Waals surface area contributed by atoms with Crippen LogP contribution in [0.2, 0.25) is 0 Å². The van der Waals surface area contributed by atoms with Gasteiger partial charge in [0.1, 0.15) is 5.01 Å². The number of hydrogen-bond acceptors (Lipinski definition) is 7. The van der Waals surface area contributed by atoms with Gasteiger partial charge in [-0.1, -0.05) is 11.3 Å². The third-order valence-electron chi connectivity index (χ3n) is 3.47. The summed E-state index contributed by atoms with van der Waals surface area (Å²) in [6.07, 6.45) is 3.45. The summed E-state index contributed by atoms with van der Waals surface area (Å²) in [5, 5.41) is 13.8. The van der Waals surface area contributed by atoms with Crippen LogP contribution in [0.3, 0.4) is 0 Å². The van der Waals surface area contributed by atoms with Crippen molar-refractivity contribution < 1.29 is 0 Å². The van der Waals surface area contributed by atoms with E-state index in [1.807, 2.05) is 19.1 Å². The number of hydrazine groups is 1. The molecule has 3 atom stereocenters. The van der Waals surface area contributed by atoms with E-state index in [1.165, 1.54) is 11.3 Å². The summed E-state index contributed by atoms with van der Waals surface area (Å²) in [4.78, 5) is 4.76. The highest BCUT2D eigenvalue weighted by molar-refractivity contribution is 7.16. The second-order valence-corrected chi connectivity index (χ2v) is 6.39. The van der Waals surface area contributed by atoms with Gasteiger partial charge in [0.25, 0.3) is 0 Å². The Morgan fingerprint density at radius 2 is 2.05 bits per heavy atom. The molecule has 0 aromatic carbocycles. The number of hydrogen-bond donors (Lipinski definition) is 2. The molecule has 9 heteroatoms. The predicted molar refractivity (Wildman–Crippen MR) is 80.0 cm³/mol. The number of alkyl halides is 1. The lowest BCUT2D eigenvalue weighted by Gasteiger charge is -2.10. The van der Waals surface area contributed by atoms with Crippen LogP contribution in [0.1, 0.15) is 18.0 Å². The van der Waals surface area contributed by atoms with Gasteiger partial charge in [0.05, 0.1) is 11.4 Å². The number of aromatic nitrogens is 5. The molecule has 2 N–H and O–H groups in total. The molecular weight excluding hydrogens is 310 g/mol. The fourth-order valence-electron chi connectivity index (χ4n) is 2.31. The minimum atomic E-state index is -0.0572. The molecule has 1 saturated heterocycles. The molecule has 3 aromatic rings. The van der Waals surface area contributed by atoms with E-state index in [1.54, 1.807) is 16.9 Å². The Labute approximate surface area is 129 Å². The van der Waals surface area contributed by atoms with E-state index in [4.69, 9.17) is 11.6 Å². The zero-order valence-electron chi connectivity index (χ0n) is 11.1. The van der Waals surface area contributed by atoms with E-state index < -0.39 is 0 Å². The van der Waals surface area contributed by atoms with Crippen LogP contribution in [0.15, 0.2) is 24.5 Å². The first kappa shape index (κ1) is 13.1. The molecule has 0 radical (unpaired) electrons. The third-order valence-corrected chi connectivity index (χ3v) is 5.09. The van der Waals surface area contributed by atoms with E-state index in [2.05, 4.69) is 31.1 Å². The Morgan fingerprint density at radius 3 is 2.76 bits per heavy atom. The van der Waals surface area contributed by atoms with Gasteiger partial charge in [-0.2, -0.15) is 9.61 Å². The van der Waals surface area contributed by atoms with E-state index in [0.29, 0.717) is 5.82 Å². The highest BCUT2D eigenvalue weighted by atomic mass is 35.5. The smallest absolute Gasteiger partial charge is 0.235 e. The SMILES string of the molecule is CC1NNC(c2nn3c(-c4ccncc4)nnc3s2)C1Cl. The van der Waals surface area contributed by atoms with Gasteiger partial charge in [-0.3, -0.25) is 10.4 Å². The van der Waals surface area contributed by atoms with Crippen molar-refractivity contribution in [2.45, 2.75) is 24.4 Å². The zero-order valence-corrected chi connectivity index (χ0v) is 12.6. The maximum absolute atomic E-state index is 6.40. The van der Waals surface area contributed by atoms with Gasteiger partial charge in [0.2, 0.25) is 4.96 Å². The molecule has 0 amide bonds. The number of pyridine rings is 1. The molecule has 3 unspecified atom stereocenters. The monoisotopic (exact) mass is 321 g/mol. The van der Waals surface area contributed by atoms with Gasteiger partial charge in [-0.15, -0.1) is 21.8 Å². The lowest BCUT2D eigenvalue weighted by Crippen LogP contribution is -2.29. The average molecular weight is 322 g/mol. The van der Waals surface area contributed by atoms with Gasteiger partial charge in [0.15, 0.2) is 5.82 Å². The Morgan fingerprint density at radius 1 is 1.24 bits per heavy atom. The molecule has 1 aliphatic heterocycles.